The van der Waals surface area contributed by atoms with Crippen molar-refractivity contribution in [3.05, 3.63) is 124 Å². The van der Waals surface area contributed by atoms with Crippen molar-refractivity contribution in [2.24, 2.45) is 0 Å². The molecule has 206 valence electrons. The van der Waals surface area contributed by atoms with Crippen LogP contribution in [-0.4, -0.2) is 25.5 Å². The average Bonchev–Trinajstić information content (AvgIpc) is 3.27. The Hall–Kier alpha value is -5.09. The minimum atomic E-state index is -0.699. The van der Waals surface area contributed by atoms with E-state index in [4.69, 9.17) is 14.2 Å². The number of carbonyl (C=O) groups excluding carboxylic acids is 2. The number of ether oxygens (including phenoxy) is 3. The van der Waals surface area contributed by atoms with Gasteiger partial charge < -0.3 is 19.5 Å². The van der Waals surface area contributed by atoms with Crippen LogP contribution in [0.3, 0.4) is 0 Å². The van der Waals surface area contributed by atoms with Crippen LogP contribution in [0.1, 0.15) is 57.9 Å². The van der Waals surface area contributed by atoms with E-state index in [0.717, 1.165) is 16.7 Å². The van der Waals surface area contributed by atoms with Crippen LogP contribution in [0.2, 0.25) is 0 Å². The van der Waals surface area contributed by atoms with Gasteiger partial charge in [0.2, 0.25) is 0 Å². The summed E-state index contributed by atoms with van der Waals surface area (Å²) in [5, 5.41) is 12.8. The lowest BCUT2D eigenvalue weighted by Crippen LogP contribution is -2.29. The zero-order chi connectivity index (χ0) is 29.1. The molecule has 41 heavy (non-hydrogen) atoms. The van der Waals surface area contributed by atoms with Crippen LogP contribution in [0.15, 0.2) is 90.2 Å². The first-order valence-corrected chi connectivity index (χ1v) is 13.4. The highest BCUT2D eigenvalue weighted by atomic mass is 16.5. The first kappa shape index (κ1) is 27.5. The van der Waals surface area contributed by atoms with E-state index in [9.17, 15) is 14.9 Å². The summed E-state index contributed by atoms with van der Waals surface area (Å²) in [6, 6.07) is 20.7. The Morgan fingerprint density at radius 3 is 2.51 bits per heavy atom. The normalized spacial score (nSPS) is 15.5. The molecule has 0 saturated carbocycles. The van der Waals surface area contributed by atoms with Gasteiger partial charge in [-0.05, 0) is 38.0 Å². The maximum Gasteiger partial charge on any atom is 0.336 e. The number of benzene rings is 3. The number of nitrogens with one attached hydrogen (secondary N) is 1. The molecule has 0 amide bonds. The van der Waals surface area contributed by atoms with Gasteiger partial charge in [-0.2, -0.15) is 5.26 Å². The number of nitrogens with zero attached hydrogens (tertiary/aromatic N) is 1. The monoisotopic (exact) mass is 546 g/mol. The summed E-state index contributed by atoms with van der Waals surface area (Å²) >= 11 is 0. The van der Waals surface area contributed by atoms with Gasteiger partial charge in [0.1, 0.15) is 6.61 Å². The molecule has 1 heterocycles. The van der Waals surface area contributed by atoms with Gasteiger partial charge in [0.15, 0.2) is 17.3 Å². The second-order valence-corrected chi connectivity index (χ2v) is 9.74. The number of Topliss-reactive ketones (excluding diaryl/α,β-unsaturated/α-hetero) is 1. The number of ketones is 1. The van der Waals surface area contributed by atoms with Crippen LogP contribution in [-0.2, 0) is 22.6 Å². The van der Waals surface area contributed by atoms with Crippen molar-refractivity contribution in [1.82, 2.24) is 5.32 Å². The van der Waals surface area contributed by atoms with E-state index in [1.54, 1.807) is 18.2 Å². The number of dihydropyridines is 1. The summed E-state index contributed by atoms with van der Waals surface area (Å²) in [7, 11) is 1.33. The number of hydrogen-bond donors (Lipinski definition) is 1. The molecule has 3 aromatic rings. The Kier molecular flexibility index (Phi) is 7.75. The Morgan fingerprint density at radius 2 is 1.80 bits per heavy atom. The largest absolute Gasteiger partial charge is 0.490 e. The lowest BCUT2D eigenvalue weighted by Gasteiger charge is -2.30. The zero-order valence-corrected chi connectivity index (χ0v) is 23.2. The summed E-state index contributed by atoms with van der Waals surface area (Å²) in [4.78, 5) is 27.0. The fourth-order valence-corrected chi connectivity index (χ4v) is 5.53. The van der Waals surface area contributed by atoms with E-state index in [1.807, 2.05) is 62.4 Å². The van der Waals surface area contributed by atoms with Crippen LogP contribution >= 0.6 is 0 Å². The van der Waals surface area contributed by atoms with Crippen molar-refractivity contribution in [2.45, 2.75) is 32.8 Å². The Bertz CT molecular complexity index is 1670. The predicted molar refractivity (Wildman–Crippen MR) is 155 cm³/mol. The van der Waals surface area contributed by atoms with Gasteiger partial charge in [0.05, 0.1) is 36.6 Å². The molecule has 0 spiro atoms. The molecule has 1 aliphatic carbocycles. The van der Waals surface area contributed by atoms with Crippen LogP contribution in [0.5, 0.6) is 11.5 Å². The van der Waals surface area contributed by atoms with Gasteiger partial charge in [-0.1, -0.05) is 54.6 Å². The molecule has 1 atom stereocenters. The minimum absolute atomic E-state index is 0.140. The zero-order valence-electron chi connectivity index (χ0n) is 23.2. The van der Waals surface area contributed by atoms with E-state index in [2.05, 4.69) is 18.0 Å². The fourth-order valence-electron chi connectivity index (χ4n) is 5.53. The third-order valence-electron chi connectivity index (χ3n) is 7.32. The smallest absolute Gasteiger partial charge is 0.336 e. The molecule has 5 rings (SSSR count). The van der Waals surface area contributed by atoms with Gasteiger partial charge in [-0.3, -0.25) is 4.79 Å². The summed E-state index contributed by atoms with van der Waals surface area (Å²) < 4.78 is 17.6. The summed E-state index contributed by atoms with van der Waals surface area (Å²) in [6.07, 6.45) is 2.21. The van der Waals surface area contributed by atoms with E-state index in [-0.39, 0.29) is 12.4 Å². The number of nitriles is 1. The average molecular weight is 547 g/mol. The second-order valence-electron chi connectivity index (χ2n) is 9.74. The van der Waals surface area contributed by atoms with E-state index >= 15 is 0 Å². The maximum absolute atomic E-state index is 13.8. The van der Waals surface area contributed by atoms with Gasteiger partial charge in [-0.25, -0.2) is 4.79 Å². The second kappa shape index (κ2) is 11.6. The molecule has 0 fully saturated rings. The highest BCUT2D eigenvalue weighted by Crippen LogP contribution is 2.48. The van der Waals surface area contributed by atoms with Crippen LogP contribution in [0.25, 0.3) is 5.70 Å². The van der Waals surface area contributed by atoms with Gasteiger partial charge in [0.25, 0.3) is 0 Å². The number of hydrogen-bond acceptors (Lipinski definition) is 7. The lowest BCUT2D eigenvalue weighted by molar-refractivity contribution is -0.136. The highest BCUT2D eigenvalue weighted by molar-refractivity contribution is 6.23. The molecule has 0 aromatic heterocycles. The van der Waals surface area contributed by atoms with Crippen molar-refractivity contribution in [3.8, 4) is 17.6 Å². The molecule has 0 bridgehead atoms. The van der Waals surface area contributed by atoms with Crippen LogP contribution in [0.4, 0.5) is 0 Å². The summed E-state index contributed by atoms with van der Waals surface area (Å²) in [5.41, 5.74) is 6.29. The number of methoxy groups -OCH3 is 1. The molecule has 2 aliphatic rings. The molecule has 7 heteroatoms. The molecule has 0 radical (unpaired) electrons. The molecule has 0 unspecified atom stereocenters. The third-order valence-corrected chi connectivity index (χ3v) is 7.32. The SMILES string of the molecule is C=CCc1cc([C@H]2C(C(=O)OC)=C(C)NC3=C2C(=O)c2ccccc23)cc(OCC)c1OCc1ccccc1C#N. The Morgan fingerprint density at radius 1 is 1.07 bits per heavy atom. The van der Waals surface area contributed by atoms with E-state index in [0.29, 0.717) is 63.8 Å². The fraction of sp³-hybridized carbons (Fsp3) is 0.206. The van der Waals surface area contributed by atoms with Crippen molar-refractivity contribution in [1.29, 1.82) is 5.26 Å². The lowest BCUT2D eigenvalue weighted by atomic mass is 9.79. The Balaban J connectivity index is 1.67. The third kappa shape index (κ3) is 4.89. The number of rotatable bonds is 9. The molecular formula is C34H30N2O5. The standard InChI is InChI=1S/C34H30N2O5/c1-5-11-21-16-24(17-27(40-6-2)33(21)41-19-23-13-8-7-12-22(23)18-35)29-28(34(38)39-4)20(3)36-31-25-14-9-10-15-26(25)32(37)30(29)31/h5,7-10,12-17,29,36H,1,6,11,19H2,2-4H3/t29-/m0/s1. The first-order chi connectivity index (χ1) is 19.9. The predicted octanol–water partition coefficient (Wildman–Crippen LogP) is 6.01. The number of fused-ring (bicyclic) bond motifs is 2. The summed E-state index contributed by atoms with van der Waals surface area (Å²) in [5.74, 6) is -0.366. The van der Waals surface area contributed by atoms with Crippen LogP contribution < -0.4 is 14.8 Å². The maximum atomic E-state index is 13.8. The number of allylic oxidation sites excluding steroid dienone is 3. The van der Waals surface area contributed by atoms with Crippen molar-refractivity contribution in [2.75, 3.05) is 13.7 Å². The van der Waals surface area contributed by atoms with Crippen molar-refractivity contribution in [3.63, 3.8) is 0 Å². The van der Waals surface area contributed by atoms with Gasteiger partial charge in [-0.15, -0.1) is 6.58 Å². The van der Waals surface area contributed by atoms with E-state index < -0.39 is 11.9 Å². The minimum Gasteiger partial charge on any atom is -0.490 e. The molecule has 0 saturated heterocycles. The molecule has 7 nitrogen and oxygen atoms in total. The van der Waals surface area contributed by atoms with Crippen molar-refractivity contribution >= 4 is 17.4 Å². The topological polar surface area (TPSA) is 97.7 Å². The molecule has 1 N–H and O–H groups in total. The van der Waals surface area contributed by atoms with Gasteiger partial charge >= 0.3 is 5.97 Å². The van der Waals surface area contributed by atoms with Crippen molar-refractivity contribution < 1.29 is 23.8 Å². The highest BCUT2D eigenvalue weighted by Gasteiger charge is 2.43. The molecule has 3 aromatic carbocycles. The quantitative estimate of drug-likeness (QED) is 0.259. The first-order valence-electron chi connectivity index (χ1n) is 13.4. The van der Waals surface area contributed by atoms with Gasteiger partial charge in [0, 0.05) is 39.4 Å². The molecular weight excluding hydrogens is 516 g/mol. The van der Waals surface area contributed by atoms with E-state index in [1.165, 1.54) is 7.11 Å². The Labute approximate surface area is 239 Å². The number of carbonyl (C=O) groups is 2. The summed E-state index contributed by atoms with van der Waals surface area (Å²) in [6.45, 7) is 8.14. The van der Waals surface area contributed by atoms with Crippen LogP contribution in [0, 0.1) is 11.3 Å². The molecule has 1 aliphatic heterocycles. The number of esters is 1.